The maximum Gasteiger partial charge on any atom is 0.222 e. The largest absolute Gasteiger partial charge is 0.494 e. The van der Waals surface area contributed by atoms with Crippen LogP contribution in [-0.4, -0.2) is 37.6 Å². The summed E-state index contributed by atoms with van der Waals surface area (Å²) in [7, 11) is 1.83. The number of rotatable bonds is 8. The highest BCUT2D eigenvalue weighted by Gasteiger charge is 2.30. The van der Waals surface area contributed by atoms with Crippen molar-refractivity contribution < 1.29 is 13.9 Å². The summed E-state index contributed by atoms with van der Waals surface area (Å²) in [5.41, 5.74) is 7.39. The summed E-state index contributed by atoms with van der Waals surface area (Å²) in [5, 5.41) is 0. The summed E-state index contributed by atoms with van der Waals surface area (Å²) in [6.07, 6.45) is 1.14. The molecule has 144 valence electrons. The zero-order chi connectivity index (χ0) is 19.1. The van der Waals surface area contributed by atoms with Crippen LogP contribution in [0.1, 0.15) is 24.4 Å². The van der Waals surface area contributed by atoms with Crippen LogP contribution in [0.5, 0.6) is 5.75 Å². The first-order valence-corrected chi connectivity index (χ1v) is 9.29. The van der Waals surface area contributed by atoms with E-state index in [1.54, 1.807) is 17.0 Å². The van der Waals surface area contributed by atoms with E-state index in [9.17, 15) is 9.18 Å². The van der Waals surface area contributed by atoms with Crippen molar-refractivity contribution in [3.8, 4) is 5.75 Å². The fraction of sp³-hybridized carbons (Fsp3) is 0.381. The number of para-hydroxylation sites is 1. The molecule has 1 saturated heterocycles. The fourth-order valence-electron chi connectivity index (χ4n) is 3.31. The Kier molecular flexibility index (Phi) is 6.79. The first-order valence-electron chi connectivity index (χ1n) is 9.29. The van der Waals surface area contributed by atoms with Gasteiger partial charge >= 0.3 is 0 Å². The van der Waals surface area contributed by atoms with Crippen LogP contribution in [0, 0.1) is 11.7 Å². The molecule has 0 aliphatic carbocycles. The van der Waals surface area contributed by atoms with Crippen LogP contribution in [0.15, 0.2) is 54.6 Å². The average molecular weight is 371 g/mol. The van der Waals surface area contributed by atoms with Crippen LogP contribution < -0.4 is 15.6 Å². The third kappa shape index (κ3) is 5.52. The number of amides is 1. The average Bonchev–Trinajstić information content (AvgIpc) is 3.14. The molecule has 3 rings (SSSR count). The molecule has 5 nitrogen and oxygen atoms in total. The minimum Gasteiger partial charge on any atom is -0.494 e. The third-order valence-corrected chi connectivity index (χ3v) is 4.80. The van der Waals surface area contributed by atoms with E-state index in [4.69, 9.17) is 4.74 Å². The van der Waals surface area contributed by atoms with Crippen LogP contribution >= 0.6 is 0 Å². The summed E-state index contributed by atoms with van der Waals surface area (Å²) in [6, 6.07) is 16.2. The number of carbonyl (C=O) groups excluding carboxylic acids is 1. The second kappa shape index (κ2) is 9.48. The molecule has 1 heterocycles. The molecule has 1 aliphatic heterocycles. The molecule has 2 unspecified atom stereocenters. The molecular formula is C21H26FN3O2. The van der Waals surface area contributed by atoms with Gasteiger partial charge in [-0.15, -0.1) is 0 Å². The summed E-state index contributed by atoms with van der Waals surface area (Å²) in [4.78, 5) is 14.2. The molecule has 2 N–H and O–H groups in total. The van der Waals surface area contributed by atoms with Gasteiger partial charge in [0.25, 0.3) is 0 Å². The molecule has 0 bridgehead atoms. The number of halogens is 1. The monoisotopic (exact) mass is 371 g/mol. The van der Waals surface area contributed by atoms with Gasteiger partial charge in [-0.3, -0.25) is 10.2 Å². The number of carbonyl (C=O) groups is 1. The Bertz CT molecular complexity index is 724. The number of hydrazine groups is 1. The first kappa shape index (κ1) is 19.3. The lowest BCUT2D eigenvalue weighted by atomic mass is 9.94. The zero-order valence-electron chi connectivity index (χ0n) is 15.5. The van der Waals surface area contributed by atoms with Gasteiger partial charge in [-0.05, 0) is 36.2 Å². The Balaban J connectivity index is 1.43. The van der Waals surface area contributed by atoms with Crippen LogP contribution in [-0.2, 0) is 4.79 Å². The first-order chi connectivity index (χ1) is 13.1. The molecule has 6 heteroatoms. The van der Waals surface area contributed by atoms with Crippen molar-refractivity contribution in [2.45, 2.75) is 18.9 Å². The second-order valence-corrected chi connectivity index (χ2v) is 6.85. The van der Waals surface area contributed by atoms with Gasteiger partial charge in [0.2, 0.25) is 5.91 Å². The Hall–Kier alpha value is -2.44. The summed E-state index contributed by atoms with van der Waals surface area (Å²) in [6.45, 7) is 1.92. The number of benzene rings is 2. The molecule has 1 aliphatic rings. The standard InChI is InChI=1S/C21H26FN3O2/c1-25(20(26)8-5-13-27-19-6-3-2-4-7-19)15-17-14-23-24-21(17)16-9-11-18(22)12-10-16/h2-4,6-7,9-12,17,21,23-24H,5,8,13-15H2,1H3. The highest BCUT2D eigenvalue weighted by atomic mass is 19.1. The molecule has 2 atom stereocenters. The highest BCUT2D eigenvalue weighted by Crippen LogP contribution is 2.25. The topological polar surface area (TPSA) is 53.6 Å². The summed E-state index contributed by atoms with van der Waals surface area (Å²) >= 11 is 0. The highest BCUT2D eigenvalue weighted by molar-refractivity contribution is 5.75. The molecule has 1 amide bonds. The normalized spacial score (nSPS) is 19.0. The molecule has 0 radical (unpaired) electrons. The molecule has 0 aromatic heterocycles. The minimum atomic E-state index is -0.244. The van der Waals surface area contributed by atoms with Gasteiger partial charge in [0, 0.05) is 32.5 Å². The van der Waals surface area contributed by atoms with E-state index < -0.39 is 0 Å². The molecule has 27 heavy (non-hydrogen) atoms. The van der Waals surface area contributed by atoms with Crippen molar-refractivity contribution in [1.82, 2.24) is 15.8 Å². The van der Waals surface area contributed by atoms with Crippen LogP contribution in [0.4, 0.5) is 4.39 Å². The zero-order valence-corrected chi connectivity index (χ0v) is 15.5. The fourth-order valence-corrected chi connectivity index (χ4v) is 3.31. The van der Waals surface area contributed by atoms with E-state index in [1.165, 1.54) is 12.1 Å². The lowest BCUT2D eigenvalue weighted by molar-refractivity contribution is -0.130. The summed E-state index contributed by atoms with van der Waals surface area (Å²) < 4.78 is 18.8. The van der Waals surface area contributed by atoms with E-state index >= 15 is 0 Å². The number of ether oxygens (including phenoxy) is 1. The lowest BCUT2D eigenvalue weighted by Crippen LogP contribution is -2.34. The molecular weight excluding hydrogens is 345 g/mol. The van der Waals surface area contributed by atoms with Gasteiger partial charge in [0.1, 0.15) is 11.6 Å². The maximum atomic E-state index is 13.1. The minimum absolute atomic E-state index is 0.0577. The van der Waals surface area contributed by atoms with Crippen molar-refractivity contribution >= 4 is 5.91 Å². The van der Waals surface area contributed by atoms with Crippen molar-refractivity contribution in [1.29, 1.82) is 0 Å². The van der Waals surface area contributed by atoms with E-state index in [1.807, 2.05) is 37.4 Å². The molecule has 0 spiro atoms. The van der Waals surface area contributed by atoms with Gasteiger partial charge in [-0.25, -0.2) is 9.82 Å². The smallest absolute Gasteiger partial charge is 0.222 e. The molecule has 2 aromatic rings. The van der Waals surface area contributed by atoms with Gasteiger partial charge in [0.15, 0.2) is 0 Å². The Labute approximate surface area is 159 Å². The third-order valence-electron chi connectivity index (χ3n) is 4.80. The molecule has 2 aromatic carbocycles. The van der Waals surface area contributed by atoms with Crippen LogP contribution in [0.25, 0.3) is 0 Å². The van der Waals surface area contributed by atoms with Gasteiger partial charge in [-0.1, -0.05) is 30.3 Å². The lowest BCUT2D eigenvalue weighted by Gasteiger charge is -2.25. The van der Waals surface area contributed by atoms with Crippen molar-refractivity contribution in [2.24, 2.45) is 5.92 Å². The van der Waals surface area contributed by atoms with E-state index in [0.29, 0.717) is 26.0 Å². The van der Waals surface area contributed by atoms with Crippen LogP contribution in [0.3, 0.4) is 0 Å². The van der Waals surface area contributed by atoms with E-state index in [-0.39, 0.29) is 23.7 Å². The van der Waals surface area contributed by atoms with E-state index in [0.717, 1.165) is 17.9 Å². The van der Waals surface area contributed by atoms with Crippen molar-refractivity contribution in [3.63, 3.8) is 0 Å². The van der Waals surface area contributed by atoms with Gasteiger partial charge in [0.05, 0.1) is 12.6 Å². The predicted molar refractivity (Wildman–Crippen MR) is 103 cm³/mol. The van der Waals surface area contributed by atoms with Crippen molar-refractivity contribution in [2.75, 3.05) is 26.7 Å². The van der Waals surface area contributed by atoms with Crippen molar-refractivity contribution in [3.05, 3.63) is 66.0 Å². The molecule has 0 saturated carbocycles. The molecule has 1 fully saturated rings. The van der Waals surface area contributed by atoms with Gasteiger partial charge in [-0.2, -0.15) is 0 Å². The van der Waals surface area contributed by atoms with Gasteiger partial charge < -0.3 is 9.64 Å². The Morgan fingerprint density at radius 2 is 1.93 bits per heavy atom. The predicted octanol–water partition coefficient (Wildman–Crippen LogP) is 2.91. The number of nitrogens with zero attached hydrogens (tertiary/aromatic N) is 1. The quantitative estimate of drug-likeness (QED) is 0.701. The van der Waals surface area contributed by atoms with Crippen LogP contribution in [0.2, 0.25) is 0 Å². The number of hydrogen-bond donors (Lipinski definition) is 2. The Morgan fingerprint density at radius 1 is 1.19 bits per heavy atom. The number of nitrogens with one attached hydrogen (secondary N) is 2. The Morgan fingerprint density at radius 3 is 2.67 bits per heavy atom. The van der Waals surface area contributed by atoms with E-state index in [2.05, 4.69) is 10.9 Å². The number of hydrogen-bond acceptors (Lipinski definition) is 4. The second-order valence-electron chi connectivity index (χ2n) is 6.85. The maximum absolute atomic E-state index is 13.1. The SMILES string of the molecule is CN(CC1CNNC1c1ccc(F)cc1)C(=O)CCCOc1ccccc1. The summed E-state index contributed by atoms with van der Waals surface area (Å²) in [5.74, 6) is 0.913.